The molecule has 3 aromatic rings. The Hall–Kier alpha value is -1.92. The Labute approximate surface area is 137 Å². The normalized spacial score (nSPS) is 10.9. The van der Waals surface area contributed by atoms with Crippen molar-refractivity contribution in [3.63, 3.8) is 0 Å². The van der Waals surface area contributed by atoms with Gasteiger partial charge in [0.05, 0.1) is 10.6 Å². The van der Waals surface area contributed by atoms with Crippen LogP contribution in [0.1, 0.15) is 17.1 Å². The predicted molar refractivity (Wildman–Crippen MR) is 85.1 cm³/mol. The Balaban J connectivity index is 1.91. The minimum atomic E-state index is 0.397. The molecule has 0 atom stereocenters. The minimum absolute atomic E-state index is 0.397. The van der Waals surface area contributed by atoms with Gasteiger partial charge in [0, 0.05) is 11.3 Å². The highest BCUT2D eigenvalue weighted by atomic mass is 35.5. The number of rotatable bonds is 3. The van der Waals surface area contributed by atoms with E-state index in [4.69, 9.17) is 16.0 Å². The first-order valence-corrected chi connectivity index (χ1v) is 7.82. The molecule has 3 rings (SSSR count). The van der Waals surface area contributed by atoms with Gasteiger partial charge in [-0.1, -0.05) is 23.7 Å². The molecular formula is C15H13ClN4OS. The molecule has 0 aliphatic heterocycles. The first kappa shape index (κ1) is 15.0. The molecule has 0 spiro atoms. The molecule has 7 heteroatoms. The van der Waals surface area contributed by atoms with E-state index in [-0.39, 0.29) is 0 Å². The van der Waals surface area contributed by atoms with E-state index in [0.29, 0.717) is 16.1 Å². The van der Waals surface area contributed by atoms with Gasteiger partial charge in [0.2, 0.25) is 5.89 Å². The molecule has 1 aromatic carbocycles. The smallest absolute Gasteiger partial charge is 0.283 e. The molecule has 0 aliphatic carbocycles. The van der Waals surface area contributed by atoms with Crippen LogP contribution in [-0.4, -0.2) is 20.2 Å². The van der Waals surface area contributed by atoms with Gasteiger partial charge in [-0.2, -0.15) is 0 Å². The van der Waals surface area contributed by atoms with Crippen LogP contribution in [0.2, 0.25) is 5.02 Å². The van der Waals surface area contributed by atoms with Gasteiger partial charge in [0.1, 0.15) is 10.9 Å². The average molecular weight is 333 g/mol. The molecule has 0 radical (unpaired) electrons. The third kappa shape index (κ3) is 2.98. The van der Waals surface area contributed by atoms with Crippen molar-refractivity contribution in [3.05, 3.63) is 46.4 Å². The molecule has 0 amide bonds. The fourth-order valence-electron chi connectivity index (χ4n) is 1.91. The molecule has 2 aromatic heterocycles. The zero-order valence-electron chi connectivity index (χ0n) is 12.3. The lowest BCUT2D eigenvalue weighted by Crippen LogP contribution is -1.97. The van der Waals surface area contributed by atoms with Gasteiger partial charge in [-0.05, 0) is 44.7 Å². The Morgan fingerprint density at radius 2 is 1.82 bits per heavy atom. The molecular weight excluding hydrogens is 320 g/mol. The van der Waals surface area contributed by atoms with Gasteiger partial charge in [0.25, 0.3) is 5.22 Å². The number of nitrogens with zero attached hydrogens (tertiary/aromatic N) is 4. The van der Waals surface area contributed by atoms with E-state index in [2.05, 4.69) is 20.2 Å². The number of aromatic nitrogens is 4. The number of benzene rings is 1. The van der Waals surface area contributed by atoms with Gasteiger partial charge in [-0.25, -0.2) is 9.97 Å². The van der Waals surface area contributed by atoms with E-state index in [1.807, 2.05) is 39.0 Å². The van der Waals surface area contributed by atoms with Crippen molar-refractivity contribution in [2.45, 2.75) is 31.0 Å². The summed E-state index contributed by atoms with van der Waals surface area (Å²) in [4.78, 5) is 8.76. The van der Waals surface area contributed by atoms with Crippen molar-refractivity contribution in [2.24, 2.45) is 0 Å². The van der Waals surface area contributed by atoms with Crippen molar-refractivity contribution < 1.29 is 4.42 Å². The first-order valence-electron chi connectivity index (χ1n) is 6.62. The lowest BCUT2D eigenvalue weighted by atomic mass is 10.2. The lowest BCUT2D eigenvalue weighted by molar-refractivity contribution is 0.465. The summed E-state index contributed by atoms with van der Waals surface area (Å²) in [6.07, 6.45) is 0. The van der Waals surface area contributed by atoms with Crippen molar-refractivity contribution in [1.29, 1.82) is 0 Å². The average Bonchev–Trinajstić information content (AvgIpc) is 2.93. The topological polar surface area (TPSA) is 64.7 Å². The maximum atomic E-state index is 6.14. The lowest BCUT2D eigenvalue weighted by Gasteiger charge is -2.05. The molecule has 0 fully saturated rings. The number of hydrogen-bond donors (Lipinski definition) is 0. The van der Waals surface area contributed by atoms with Crippen LogP contribution < -0.4 is 0 Å². The minimum Gasteiger partial charge on any atom is -0.411 e. The maximum Gasteiger partial charge on any atom is 0.283 e. The highest BCUT2D eigenvalue weighted by Crippen LogP contribution is 2.32. The Morgan fingerprint density at radius 1 is 1.05 bits per heavy atom. The van der Waals surface area contributed by atoms with Crippen LogP contribution in [-0.2, 0) is 0 Å². The Bertz CT molecular complexity index is 834. The van der Waals surface area contributed by atoms with E-state index in [1.54, 1.807) is 6.07 Å². The molecule has 0 saturated carbocycles. The molecule has 112 valence electrons. The molecule has 5 nitrogen and oxygen atoms in total. The summed E-state index contributed by atoms with van der Waals surface area (Å²) < 4.78 is 5.69. The zero-order valence-corrected chi connectivity index (χ0v) is 13.9. The van der Waals surface area contributed by atoms with Crippen molar-refractivity contribution in [3.8, 4) is 11.5 Å². The second-order valence-electron chi connectivity index (χ2n) is 4.74. The van der Waals surface area contributed by atoms with Crippen molar-refractivity contribution in [1.82, 2.24) is 20.2 Å². The molecule has 0 N–H and O–H groups in total. The third-order valence-corrected chi connectivity index (χ3v) is 4.41. The highest BCUT2D eigenvalue weighted by molar-refractivity contribution is 7.99. The first-order chi connectivity index (χ1) is 10.5. The molecule has 0 aliphatic rings. The fraction of sp³-hybridized carbons (Fsp3) is 0.200. The quantitative estimate of drug-likeness (QED) is 0.668. The molecule has 2 heterocycles. The number of hydrogen-bond acceptors (Lipinski definition) is 6. The summed E-state index contributed by atoms with van der Waals surface area (Å²) in [6.45, 7) is 5.79. The number of halogens is 1. The van der Waals surface area contributed by atoms with Crippen LogP contribution in [0.5, 0.6) is 0 Å². The standard InChI is InChI=1S/C15H13ClN4OS/c1-8-9(2)17-10(3)18-14(8)22-15-20-19-13(21-15)11-6-4-5-7-12(11)16/h4-7H,1-3H3. The summed E-state index contributed by atoms with van der Waals surface area (Å²) in [5.41, 5.74) is 2.67. The van der Waals surface area contributed by atoms with Crippen LogP contribution >= 0.6 is 23.4 Å². The van der Waals surface area contributed by atoms with Crippen LogP contribution in [0.3, 0.4) is 0 Å². The largest absolute Gasteiger partial charge is 0.411 e. The van der Waals surface area contributed by atoms with Gasteiger partial charge in [-0.15, -0.1) is 10.2 Å². The van der Waals surface area contributed by atoms with Gasteiger partial charge < -0.3 is 4.42 Å². The van der Waals surface area contributed by atoms with Crippen molar-refractivity contribution in [2.75, 3.05) is 0 Å². The van der Waals surface area contributed by atoms with E-state index in [0.717, 1.165) is 27.7 Å². The Kier molecular flexibility index (Phi) is 4.13. The summed E-state index contributed by atoms with van der Waals surface area (Å²) >= 11 is 7.47. The molecule has 0 unspecified atom stereocenters. The summed E-state index contributed by atoms with van der Waals surface area (Å²) in [5.74, 6) is 1.12. The van der Waals surface area contributed by atoms with E-state index >= 15 is 0 Å². The van der Waals surface area contributed by atoms with E-state index in [1.165, 1.54) is 11.8 Å². The SMILES string of the molecule is Cc1nc(C)c(C)c(Sc2nnc(-c3ccccc3Cl)o2)n1. The predicted octanol–water partition coefficient (Wildman–Crippen LogP) is 4.26. The van der Waals surface area contributed by atoms with Crippen LogP contribution in [0.15, 0.2) is 38.9 Å². The van der Waals surface area contributed by atoms with Gasteiger partial charge in [0.15, 0.2) is 0 Å². The van der Waals surface area contributed by atoms with E-state index in [9.17, 15) is 0 Å². The zero-order chi connectivity index (χ0) is 15.7. The second-order valence-corrected chi connectivity index (χ2v) is 6.09. The maximum absolute atomic E-state index is 6.14. The van der Waals surface area contributed by atoms with Gasteiger partial charge in [-0.3, -0.25) is 0 Å². The summed E-state index contributed by atoms with van der Waals surface area (Å²) in [5, 5.41) is 9.93. The van der Waals surface area contributed by atoms with Crippen LogP contribution in [0.25, 0.3) is 11.5 Å². The number of aryl methyl sites for hydroxylation is 2. The van der Waals surface area contributed by atoms with Crippen molar-refractivity contribution >= 4 is 23.4 Å². The van der Waals surface area contributed by atoms with Crippen LogP contribution in [0.4, 0.5) is 0 Å². The second kappa shape index (κ2) is 6.06. The monoisotopic (exact) mass is 332 g/mol. The third-order valence-electron chi connectivity index (χ3n) is 3.15. The van der Waals surface area contributed by atoms with Gasteiger partial charge >= 0.3 is 0 Å². The van der Waals surface area contributed by atoms with E-state index < -0.39 is 0 Å². The highest BCUT2D eigenvalue weighted by Gasteiger charge is 2.15. The molecule has 0 bridgehead atoms. The molecule has 22 heavy (non-hydrogen) atoms. The Morgan fingerprint density at radius 3 is 2.59 bits per heavy atom. The summed E-state index contributed by atoms with van der Waals surface area (Å²) in [6, 6.07) is 7.36. The molecule has 0 saturated heterocycles. The fourth-order valence-corrected chi connectivity index (χ4v) is 2.98. The van der Waals surface area contributed by atoms with Crippen LogP contribution in [0, 0.1) is 20.8 Å². The summed E-state index contributed by atoms with van der Waals surface area (Å²) in [7, 11) is 0.